The summed E-state index contributed by atoms with van der Waals surface area (Å²) >= 11 is 3.52. The van der Waals surface area contributed by atoms with Crippen molar-refractivity contribution in [2.24, 2.45) is 0 Å². The molecule has 0 aliphatic carbocycles. The molecule has 1 atom stereocenters. The SMILES string of the molecule is COc1ccc(Br)cc1CC1CN(C)CCN1. The molecule has 0 aromatic heterocycles. The summed E-state index contributed by atoms with van der Waals surface area (Å²) in [5.74, 6) is 0.975. The maximum absolute atomic E-state index is 5.41. The van der Waals surface area contributed by atoms with E-state index >= 15 is 0 Å². The van der Waals surface area contributed by atoms with Crippen LogP contribution in [-0.2, 0) is 6.42 Å². The standard InChI is InChI=1S/C13H19BrN2O/c1-16-6-5-15-12(9-16)8-10-7-11(14)3-4-13(10)17-2/h3-4,7,12,15H,5-6,8-9H2,1-2H3. The van der Waals surface area contributed by atoms with Gasteiger partial charge in [-0.05, 0) is 37.2 Å². The van der Waals surface area contributed by atoms with E-state index < -0.39 is 0 Å². The molecule has 0 radical (unpaired) electrons. The molecule has 0 spiro atoms. The number of likely N-dealkylation sites (N-methyl/N-ethyl adjacent to an activating group) is 1. The molecule has 0 bridgehead atoms. The van der Waals surface area contributed by atoms with Gasteiger partial charge in [0.05, 0.1) is 7.11 Å². The van der Waals surface area contributed by atoms with Crippen LogP contribution in [0.15, 0.2) is 22.7 Å². The number of hydrogen-bond acceptors (Lipinski definition) is 3. The smallest absolute Gasteiger partial charge is 0.122 e. The quantitative estimate of drug-likeness (QED) is 0.922. The average Bonchev–Trinajstić information content (AvgIpc) is 2.29. The molecule has 1 heterocycles. The molecule has 0 saturated carbocycles. The molecule has 4 heteroatoms. The molecule has 1 aromatic rings. The Balaban J connectivity index is 2.08. The van der Waals surface area contributed by atoms with E-state index in [-0.39, 0.29) is 0 Å². The van der Waals surface area contributed by atoms with Crippen LogP contribution in [0.4, 0.5) is 0 Å². The lowest BCUT2D eigenvalue weighted by molar-refractivity contribution is 0.237. The van der Waals surface area contributed by atoms with Gasteiger partial charge < -0.3 is 15.0 Å². The first-order chi connectivity index (χ1) is 8.19. The summed E-state index contributed by atoms with van der Waals surface area (Å²) in [4.78, 5) is 2.37. The summed E-state index contributed by atoms with van der Waals surface area (Å²) in [6.45, 7) is 3.29. The van der Waals surface area contributed by atoms with Crippen molar-refractivity contribution in [2.45, 2.75) is 12.5 Å². The molecular weight excluding hydrogens is 280 g/mol. The molecule has 94 valence electrons. The highest BCUT2D eigenvalue weighted by molar-refractivity contribution is 9.10. The minimum absolute atomic E-state index is 0.511. The predicted octanol–water partition coefficient (Wildman–Crippen LogP) is 1.90. The van der Waals surface area contributed by atoms with Crippen LogP contribution >= 0.6 is 15.9 Å². The van der Waals surface area contributed by atoms with Gasteiger partial charge in [0.15, 0.2) is 0 Å². The third kappa shape index (κ3) is 3.44. The minimum Gasteiger partial charge on any atom is -0.496 e. The summed E-state index contributed by atoms with van der Waals surface area (Å²) in [6.07, 6.45) is 1.01. The molecule has 0 amide bonds. The molecule has 17 heavy (non-hydrogen) atoms. The highest BCUT2D eigenvalue weighted by Gasteiger charge is 2.18. The largest absolute Gasteiger partial charge is 0.496 e. The zero-order valence-electron chi connectivity index (χ0n) is 10.4. The summed E-state index contributed by atoms with van der Waals surface area (Å²) in [7, 11) is 3.90. The van der Waals surface area contributed by atoms with Gasteiger partial charge in [0.1, 0.15) is 5.75 Å². The number of methoxy groups -OCH3 is 1. The van der Waals surface area contributed by atoms with Gasteiger partial charge in [0.25, 0.3) is 0 Å². The van der Waals surface area contributed by atoms with Crippen molar-refractivity contribution >= 4 is 15.9 Å². The van der Waals surface area contributed by atoms with Gasteiger partial charge in [0, 0.05) is 30.1 Å². The third-order valence-electron chi connectivity index (χ3n) is 3.17. The zero-order valence-corrected chi connectivity index (χ0v) is 12.0. The van der Waals surface area contributed by atoms with Crippen LogP contribution in [-0.4, -0.2) is 44.7 Å². The van der Waals surface area contributed by atoms with Gasteiger partial charge in [0.2, 0.25) is 0 Å². The monoisotopic (exact) mass is 298 g/mol. The molecule has 1 unspecified atom stereocenters. The highest BCUT2D eigenvalue weighted by atomic mass is 79.9. The zero-order chi connectivity index (χ0) is 12.3. The fourth-order valence-corrected chi connectivity index (χ4v) is 2.71. The van der Waals surface area contributed by atoms with Crippen LogP contribution in [0.5, 0.6) is 5.75 Å². The normalized spacial score (nSPS) is 21.5. The molecular formula is C13H19BrN2O. The van der Waals surface area contributed by atoms with E-state index in [2.05, 4.69) is 39.3 Å². The topological polar surface area (TPSA) is 24.5 Å². The van der Waals surface area contributed by atoms with E-state index in [1.165, 1.54) is 5.56 Å². The minimum atomic E-state index is 0.511. The maximum atomic E-state index is 5.41. The molecule has 1 N–H and O–H groups in total. The van der Waals surface area contributed by atoms with Gasteiger partial charge in [-0.25, -0.2) is 0 Å². The lowest BCUT2D eigenvalue weighted by Gasteiger charge is -2.31. The first kappa shape index (κ1) is 12.9. The second-order valence-corrected chi connectivity index (χ2v) is 5.49. The van der Waals surface area contributed by atoms with Crippen LogP contribution in [0, 0.1) is 0 Å². The van der Waals surface area contributed by atoms with Gasteiger partial charge in [-0.1, -0.05) is 15.9 Å². The van der Waals surface area contributed by atoms with Gasteiger partial charge in [-0.2, -0.15) is 0 Å². The van der Waals surface area contributed by atoms with E-state index in [9.17, 15) is 0 Å². The number of halogens is 1. The second-order valence-electron chi connectivity index (χ2n) is 4.57. The number of nitrogens with zero attached hydrogens (tertiary/aromatic N) is 1. The summed E-state index contributed by atoms with van der Waals surface area (Å²) < 4.78 is 6.52. The summed E-state index contributed by atoms with van der Waals surface area (Å²) in [5.41, 5.74) is 1.26. The van der Waals surface area contributed by atoms with Crippen molar-refractivity contribution < 1.29 is 4.74 Å². The highest BCUT2D eigenvalue weighted by Crippen LogP contribution is 2.24. The number of ether oxygens (including phenoxy) is 1. The Morgan fingerprint density at radius 3 is 3.06 bits per heavy atom. The van der Waals surface area contributed by atoms with Crippen LogP contribution in [0.1, 0.15) is 5.56 Å². The maximum Gasteiger partial charge on any atom is 0.122 e. The van der Waals surface area contributed by atoms with E-state index in [1.807, 2.05) is 12.1 Å². The van der Waals surface area contributed by atoms with Crippen molar-refractivity contribution in [3.63, 3.8) is 0 Å². The average molecular weight is 299 g/mol. The van der Waals surface area contributed by atoms with Crippen LogP contribution < -0.4 is 10.1 Å². The number of hydrogen-bond donors (Lipinski definition) is 1. The number of piperazine rings is 1. The Kier molecular flexibility index (Phi) is 4.42. The first-order valence-electron chi connectivity index (χ1n) is 5.93. The van der Waals surface area contributed by atoms with Crippen molar-refractivity contribution in [1.29, 1.82) is 0 Å². The first-order valence-corrected chi connectivity index (χ1v) is 6.72. The van der Waals surface area contributed by atoms with Crippen molar-refractivity contribution in [3.05, 3.63) is 28.2 Å². The molecule has 1 aliphatic rings. The molecule has 2 rings (SSSR count). The third-order valence-corrected chi connectivity index (χ3v) is 3.66. The van der Waals surface area contributed by atoms with Crippen LogP contribution in [0.3, 0.4) is 0 Å². The van der Waals surface area contributed by atoms with E-state index in [0.29, 0.717) is 6.04 Å². The molecule has 1 aromatic carbocycles. The predicted molar refractivity (Wildman–Crippen MR) is 73.7 cm³/mol. The number of rotatable bonds is 3. The number of benzene rings is 1. The number of nitrogens with one attached hydrogen (secondary N) is 1. The second kappa shape index (κ2) is 5.85. The molecule has 1 saturated heterocycles. The Morgan fingerprint density at radius 2 is 2.35 bits per heavy atom. The summed E-state index contributed by atoms with van der Waals surface area (Å²) in [6, 6.07) is 6.70. The lowest BCUT2D eigenvalue weighted by atomic mass is 10.0. The van der Waals surface area contributed by atoms with Crippen LogP contribution in [0.25, 0.3) is 0 Å². The van der Waals surface area contributed by atoms with E-state index in [0.717, 1.165) is 36.3 Å². The van der Waals surface area contributed by atoms with Crippen molar-refractivity contribution in [3.8, 4) is 5.75 Å². The molecule has 1 fully saturated rings. The Bertz CT molecular complexity index is 384. The van der Waals surface area contributed by atoms with E-state index in [1.54, 1.807) is 7.11 Å². The lowest BCUT2D eigenvalue weighted by Crippen LogP contribution is -2.49. The van der Waals surface area contributed by atoms with E-state index in [4.69, 9.17) is 4.74 Å². The van der Waals surface area contributed by atoms with Crippen molar-refractivity contribution in [1.82, 2.24) is 10.2 Å². The van der Waals surface area contributed by atoms with Crippen LogP contribution in [0.2, 0.25) is 0 Å². The Morgan fingerprint density at radius 1 is 1.53 bits per heavy atom. The molecule has 3 nitrogen and oxygen atoms in total. The van der Waals surface area contributed by atoms with Gasteiger partial charge in [-0.3, -0.25) is 0 Å². The fraction of sp³-hybridized carbons (Fsp3) is 0.538. The Labute approximate surface area is 111 Å². The summed E-state index contributed by atoms with van der Waals surface area (Å²) in [5, 5.41) is 3.56. The fourth-order valence-electron chi connectivity index (χ4n) is 2.30. The molecule has 1 aliphatic heterocycles. The van der Waals surface area contributed by atoms with Gasteiger partial charge in [-0.15, -0.1) is 0 Å². The van der Waals surface area contributed by atoms with Crippen molar-refractivity contribution in [2.75, 3.05) is 33.8 Å². The Hall–Kier alpha value is -0.580. The van der Waals surface area contributed by atoms with Gasteiger partial charge >= 0.3 is 0 Å².